The van der Waals surface area contributed by atoms with Gasteiger partial charge in [-0.2, -0.15) is 0 Å². The van der Waals surface area contributed by atoms with Crippen molar-refractivity contribution in [1.29, 1.82) is 0 Å². The van der Waals surface area contributed by atoms with Gasteiger partial charge >= 0.3 is 0 Å². The van der Waals surface area contributed by atoms with Gasteiger partial charge in [-0.25, -0.2) is 39.1 Å². The zero-order valence-electron chi connectivity index (χ0n) is 29.9. The van der Waals surface area contributed by atoms with Gasteiger partial charge in [0, 0.05) is 0 Å². The molecule has 0 saturated heterocycles. The van der Waals surface area contributed by atoms with Crippen LogP contribution in [-0.2, 0) is 43.8 Å². The molecular weight excluding hydrogens is 528 g/mol. The van der Waals surface area contributed by atoms with Crippen LogP contribution in [0.1, 0.15) is 150 Å². The first-order chi connectivity index (χ1) is 17.9. The van der Waals surface area contributed by atoms with E-state index in [1.165, 1.54) is 0 Å². The molecule has 248 valence electrons. The molecule has 0 aromatic rings. The normalized spacial score (nSPS) is 17.4. The third-order valence-electron chi connectivity index (χ3n) is 5.35. The molecule has 41 heavy (non-hydrogen) atoms. The molecule has 0 aliphatic rings. The number of ether oxygens (including phenoxy) is 1. The fourth-order valence-electron chi connectivity index (χ4n) is 2.90. The second-order valence-electron chi connectivity index (χ2n) is 17.0. The van der Waals surface area contributed by atoms with Crippen LogP contribution in [0.5, 0.6) is 0 Å². The molecule has 9 heteroatoms. The number of hydrogen-bond donors (Lipinski definition) is 0. The fourth-order valence-corrected chi connectivity index (χ4v) is 2.90. The molecule has 0 spiro atoms. The smallest absolute Gasteiger partial charge is 0.124 e. The quantitative estimate of drug-likeness (QED) is 0.114. The van der Waals surface area contributed by atoms with Crippen molar-refractivity contribution in [2.45, 2.75) is 195 Å². The molecule has 2 atom stereocenters. The summed E-state index contributed by atoms with van der Waals surface area (Å²) in [6.07, 6.45) is 2.50. The molecule has 2 unspecified atom stereocenters. The van der Waals surface area contributed by atoms with Crippen molar-refractivity contribution < 1.29 is 43.8 Å². The average Bonchev–Trinajstić information content (AvgIpc) is 2.75. The standard InChI is InChI=1S/C32H66O9/c1-25(2,3)34-38-29(13,14)19-21-31(17,40-36-27(7,8)9)23-33-24-32(18,41-37-28(10,11)12)22-20-30(15,16)39-35-26(4,5)6/h19-24H2,1-18H3. The summed E-state index contributed by atoms with van der Waals surface area (Å²) in [4.78, 5) is 46.3. The maximum absolute atomic E-state index is 6.30. The van der Waals surface area contributed by atoms with E-state index in [1.807, 2.05) is 125 Å². The lowest BCUT2D eigenvalue weighted by molar-refractivity contribution is -0.424. The summed E-state index contributed by atoms with van der Waals surface area (Å²) in [5.41, 5.74) is -4.39. The van der Waals surface area contributed by atoms with E-state index in [1.54, 1.807) is 0 Å². The summed E-state index contributed by atoms with van der Waals surface area (Å²) in [7, 11) is 0. The van der Waals surface area contributed by atoms with Crippen LogP contribution >= 0.6 is 0 Å². The minimum Gasteiger partial charge on any atom is -0.375 e. The van der Waals surface area contributed by atoms with E-state index >= 15 is 0 Å². The van der Waals surface area contributed by atoms with E-state index in [4.69, 9.17) is 43.8 Å². The van der Waals surface area contributed by atoms with Crippen molar-refractivity contribution in [3.63, 3.8) is 0 Å². The van der Waals surface area contributed by atoms with E-state index in [2.05, 4.69) is 0 Å². The highest BCUT2D eigenvalue weighted by Crippen LogP contribution is 2.31. The van der Waals surface area contributed by atoms with Crippen LogP contribution < -0.4 is 0 Å². The van der Waals surface area contributed by atoms with Gasteiger partial charge in [0.05, 0.1) is 46.8 Å². The van der Waals surface area contributed by atoms with Gasteiger partial charge < -0.3 is 4.74 Å². The van der Waals surface area contributed by atoms with Crippen molar-refractivity contribution in [3.8, 4) is 0 Å². The number of rotatable bonds is 18. The van der Waals surface area contributed by atoms with Crippen LogP contribution in [0.3, 0.4) is 0 Å². The van der Waals surface area contributed by atoms with Crippen molar-refractivity contribution in [1.82, 2.24) is 0 Å². The van der Waals surface area contributed by atoms with Crippen LogP contribution in [0.4, 0.5) is 0 Å². The van der Waals surface area contributed by atoms with Gasteiger partial charge in [-0.05, 0) is 150 Å². The lowest BCUT2D eigenvalue weighted by Gasteiger charge is -2.37. The summed E-state index contributed by atoms with van der Waals surface area (Å²) < 4.78 is 6.30. The highest BCUT2D eigenvalue weighted by atomic mass is 17.2. The molecule has 0 aliphatic heterocycles. The molecular formula is C32H66O9. The summed E-state index contributed by atoms with van der Waals surface area (Å²) in [6, 6.07) is 0. The molecule has 0 amide bonds. The zero-order valence-corrected chi connectivity index (χ0v) is 29.9. The molecule has 0 radical (unpaired) electrons. The Balaban J connectivity index is 5.55. The first-order valence-electron chi connectivity index (χ1n) is 15.0. The minimum absolute atomic E-state index is 0.265. The molecule has 0 heterocycles. The zero-order chi connectivity index (χ0) is 32.6. The Morgan fingerprint density at radius 3 is 0.780 bits per heavy atom. The van der Waals surface area contributed by atoms with E-state index in [0.29, 0.717) is 25.7 Å². The number of hydrogen-bond acceptors (Lipinski definition) is 9. The largest absolute Gasteiger partial charge is 0.375 e. The summed E-state index contributed by atoms with van der Waals surface area (Å²) in [5.74, 6) is 0. The Labute approximate surface area is 252 Å². The van der Waals surface area contributed by atoms with Crippen LogP contribution in [0.15, 0.2) is 0 Å². The predicted octanol–water partition coefficient (Wildman–Crippen LogP) is 8.62. The summed E-state index contributed by atoms with van der Waals surface area (Å²) in [6.45, 7) is 35.8. The van der Waals surface area contributed by atoms with Crippen LogP contribution in [0.2, 0.25) is 0 Å². The van der Waals surface area contributed by atoms with Gasteiger partial charge in [0.2, 0.25) is 0 Å². The average molecular weight is 595 g/mol. The van der Waals surface area contributed by atoms with E-state index in [-0.39, 0.29) is 13.2 Å². The third kappa shape index (κ3) is 22.8. The lowest BCUT2D eigenvalue weighted by atomic mass is 9.92. The van der Waals surface area contributed by atoms with Gasteiger partial charge in [0.1, 0.15) is 11.2 Å². The Morgan fingerprint density at radius 2 is 0.537 bits per heavy atom. The highest BCUT2D eigenvalue weighted by Gasteiger charge is 2.37. The molecule has 9 nitrogen and oxygen atoms in total. The van der Waals surface area contributed by atoms with Gasteiger partial charge in [0.15, 0.2) is 0 Å². The van der Waals surface area contributed by atoms with Gasteiger partial charge in [0.25, 0.3) is 0 Å². The van der Waals surface area contributed by atoms with Gasteiger partial charge in [-0.3, -0.25) is 0 Å². The SMILES string of the molecule is CC(C)(C)OOC(C)(C)CCC(C)(COCC(C)(CCC(C)(C)OOC(C)(C)C)OOC(C)(C)C)OOC(C)(C)C. The Bertz CT molecular complexity index is 676. The fraction of sp³-hybridized carbons (Fsp3) is 1.00. The van der Waals surface area contributed by atoms with Crippen molar-refractivity contribution in [2.24, 2.45) is 0 Å². The Morgan fingerprint density at radius 1 is 0.293 bits per heavy atom. The molecule has 0 saturated carbocycles. The monoisotopic (exact) mass is 594 g/mol. The second-order valence-corrected chi connectivity index (χ2v) is 17.0. The van der Waals surface area contributed by atoms with Gasteiger partial charge in [-0.1, -0.05) is 0 Å². The lowest BCUT2D eigenvalue weighted by Crippen LogP contribution is -2.44. The predicted molar refractivity (Wildman–Crippen MR) is 162 cm³/mol. The van der Waals surface area contributed by atoms with E-state index in [9.17, 15) is 0 Å². The van der Waals surface area contributed by atoms with Crippen molar-refractivity contribution >= 4 is 0 Å². The Kier molecular flexibility index (Phi) is 15.0. The summed E-state index contributed by atoms with van der Waals surface area (Å²) >= 11 is 0. The van der Waals surface area contributed by atoms with Crippen LogP contribution in [-0.4, -0.2) is 58.0 Å². The Hall–Kier alpha value is -0.360. The molecule has 0 rings (SSSR count). The summed E-state index contributed by atoms with van der Waals surface area (Å²) in [5, 5.41) is 0. The van der Waals surface area contributed by atoms with Crippen LogP contribution in [0.25, 0.3) is 0 Å². The van der Waals surface area contributed by atoms with E-state index < -0.39 is 44.8 Å². The van der Waals surface area contributed by atoms with Crippen molar-refractivity contribution in [2.75, 3.05) is 13.2 Å². The highest BCUT2D eigenvalue weighted by molar-refractivity contribution is 4.83. The molecule has 0 fully saturated rings. The van der Waals surface area contributed by atoms with Gasteiger partial charge in [-0.15, -0.1) is 0 Å². The molecule has 0 N–H and O–H groups in total. The topological polar surface area (TPSA) is 83.1 Å². The molecule has 0 aromatic heterocycles. The second kappa shape index (κ2) is 15.1. The molecule has 0 aromatic carbocycles. The first-order valence-corrected chi connectivity index (χ1v) is 15.0. The molecule has 0 aliphatic carbocycles. The van der Waals surface area contributed by atoms with Crippen molar-refractivity contribution in [3.05, 3.63) is 0 Å². The maximum atomic E-state index is 6.30. The first kappa shape index (κ1) is 40.6. The van der Waals surface area contributed by atoms with Crippen LogP contribution in [0, 0.1) is 0 Å². The third-order valence-corrected chi connectivity index (χ3v) is 5.35. The molecule has 0 bridgehead atoms. The minimum atomic E-state index is -0.760. The maximum Gasteiger partial charge on any atom is 0.124 e. The van der Waals surface area contributed by atoms with E-state index in [0.717, 1.165) is 0 Å².